The minimum absolute atomic E-state index is 0.0342. The molecule has 36 heavy (non-hydrogen) atoms. The minimum atomic E-state index is -0.771. The molecule has 0 saturated heterocycles. The average molecular weight is 566 g/mol. The highest BCUT2D eigenvalue weighted by atomic mass is 35.5. The number of carbonyl (C=O) groups is 2. The second-order valence-electron chi connectivity index (χ2n) is 8.50. The van der Waals surface area contributed by atoms with Gasteiger partial charge in [0.15, 0.2) is 0 Å². The number of unbranched alkanes of at least 4 members (excludes halogenated alkanes) is 1. The molecular weight excluding hydrogens is 538 g/mol. The largest absolute Gasteiger partial charge is 0.354 e. The van der Waals surface area contributed by atoms with Crippen LogP contribution in [-0.4, -0.2) is 29.3 Å². The van der Waals surface area contributed by atoms with Gasteiger partial charge in [-0.05, 0) is 41.8 Å². The molecule has 1 unspecified atom stereocenters. The average Bonchev–Trinajstić information content (AvgIpc) is 2.86. The van der Waals surface area contributed by atoms with Crippen molar-refractivity contribution in [2.24, 2.45) is 0 Å². The summed E-state index contributed by atoms with van der Waals surface area (Å²) in [6.45, 7) is 2.67. The summed E-state index contributed by atoms with van der Waals surface area (Å²) in [6.07, 6.45) is 2.16. The van der Waals surface area contributed by atoms with Crippen LogP contribution in [0.25, 0.3) is 0 Å². The second kappa shape index (κ2) is 13.9. The van der Waals surface area contributed by atoms with E-state index in [9.17, 15) is 9.59 Å². The smallest absolute Gasteiger partial charge is 0.243 e. The third-order valence-corrected chi connectivity index (χ3v) is 7.28. The Hall–Kier alpha value is -2.24. The first-order chi connectivity index (χ1) is 17.3. The first-order valence-corrected chi connectivity index (χ1v) is 13.3. The lowest BCUT2D eigenvalue weighted by Crippen LogP contribution is -2.51. The molecule has 0 aliphatic heterocycles. The molecule has 3 aromatic rings. The van der Waals surface area contributed by atoms with Crippen molar-refractivity contribution >= 4 is 58.2 Å². The van der Waals surface area contributed by atoms with E-state index in [4.69, 9.17) is 46.4 Å². The molecule has 2 amide bonds. The van der Waals surface area contributed by atoms with Crippen LogP contribution in [0.5, 0.6) is 0 Å². The van der Waals surface area contributed by atoms with E-state index in [2.05, 4.69) is 12.2 Å². The zero-order valence-electron chi connectivity index (χ0n) is 19.9. The number of hydrogen-bond acceptors (Lipinski definition) is 2. The van der Waals surface area contributed by atoms with Crippen LogP contribution < -0.4 is 5.32 Å². The molecule has 1 N–H and O–H groups in total. The van der Waals surface area contributed by atoms with Crippen molar-refractivity contribution in [3.8, 4) is 0 Å². The third kappa shape index (κ3) is 7.88. The SMILES string of the molecule is CCCCNC(=O)C(Cc1ccccc1)N(Cc1c(Cl)cccc1Cl)C(=O)Cc1ccc(Cl)c(Cl)c1. The molecule has 1 atom stereocenters. The number of hydrogen-bond donors (Lipinski definition) is 1. The quantitative estimate of drug-likeness (QED) is 0.246. The fraction of sp³-hybridized carbons (Fsp3) is 0.286. The molecule has 3 rings (SSSR count). The van der Waals surface area contributed by atoms with Gasteiger partial charge in [-0.15, -0.1) is 0 Å². The topological polar surface area (TPSA) is 49.4 Å². The predicted octanol–water partition coefficient (Wildman–Crippen LogP) is 7.40. The van der Waals surface area contributed by atoms with Gasteiger partial charge in [-0.2, -0.15) is 0 Å². The molecule has 0 aromatic heterocycles. The lowest BCUT2D eigenvalue weighted by Gasteiger charge is -2.32. The van der Waals surface area contributed by atoms with Crippen LogP contribution in [0, 0.1) is 0 Å². The van der Waals surface area contributed by atoms with E-state index in [0.717, 1.165) is 18.4 Å². The van der Waals surface area contributed by atoms with Crippen molar-refractivity contribution in [2.45, 2.75) is 45.2 Å². The highest BCUT2D eigenvalue weighted by molar-refractivity contribution is 6.42. The maximum Gasteiger partial charge on any atom is 0.243 e. The number of rotatable bonds is 11. The van der Waals surface area contributed by atoms with Gasteiger partial charge in [0.05, 0.1) is 16.5 Å². The molecule has 190 valence electrons. The molecule has 0 spiro atoms. The monoisotopic (exact) mass is 564 g/mol. The summed E-state index contributed by atoms with van der Waals surface area (Å²) in [5.74, 6) is -0.478. The first kappa shape index (κ1) is 28.3. The lowest BCUT2D eigenvalue weighted by molar-refractivity contribution is -0.140. The number of halogens is 4. The number of nitrogens with zero attached hydrogens (tertiary/aromatic N) is 1. The lowest BCUT2D eigenvalue weighted by atomic mass is 10.0. The van der Waals surface area contributed by atoms with Gasteiger partial charge in [-0.3, -0.25) is 9.59 Å². The third-order valence-electron chi connectivity index (χ3n) is 5.83. The normalized spacial score (nSPS) is 11.7. The van der Waals surface area contributed by atoms with E-state index >= 15 is 0 Å². The zero-order valence-corrected chi connectivity index (χ0v) is 23.0. The number of carbonyl (C=O) groups excluding carboxylic acids is 2. The van der Waals surface area contributed by atoms with Crippen LogP contribution in [0.2, 0.25) is 20.1 Å². The molecule has 0 aliphatic carbocycles. The Kier molecular flexibility index (Phi) is 10.9. The van der Waals surface area contributed by atoms with Crippen LogP contribution in [0.1, 0.15) is 36.5 Å². The molecule has 3 aromatic carbocycles. The summed E-state index contributed by atoms with van der Waals surface area (Å²) in [5, 5.41) is 4.63. The fourth-order valence-electron chi connectivity index (χ4n) is 3.84. The Morgan fingerprint density at radius 1 is 0.833 bits per heavy atom. The van der Waals surface area contributed by atoms with Gasteiger partial charge in [-0.1, -0.05) is 102 Å². The molecule has 8 heteroatoms. The van der Waals surface area contributed by atoms with E-state index in [1.807, 2.05) is 30.3 Å². The first-order valence-electron chi connectivity index (χ1n) is 11.8. The zero-order chi connectivity index (χ0) is 26.1. The van der Waals surface area contributed by atoms with E-state index in [1.54, 1.807) is 41.3 Å². The van der Waals surface area contributed by atoms with E-state index in [0.29, 0.717) is 44.2 Å². The summed E-state index contributed by atoms with van der Waals surface area (Å²) in [5.41, 5.74) is 2.21. The molecule has 0 radical (unpaired) electrons. The van der Waals surface area contributed by atoms with Gasteiger partial charge in [0.25, 0.3) is 0 Å². The second-order valence-corrected chi connectivity index (χ2v) is 10.1. The van der Waals surface area contributed by atoms with Crippen molar-refractivity contribution in [3.63, 3.8) is 0 Å². The maximum atomic E-state index is 13.8. The van der Waals surface area contributed by atoms with Crippen molar-refractivity contribution in [2.75, 3.05) is 6.54 Å². The highest BCUT2D eigenvalue weighted by Crippen LogP contribution is 2.28. The van der Waals surface area contributed by atoms with Gasteiger partial charge >= 0.3 is 0 Å². The molecule has 4 nitrogen and oxygen atoms in total. The maximum absolute atomic E-state index is 13.8. The standard InChI is InChI=1S/C28H28Cl4N2O2/c1-2-3-14-33-28(36)26(16-19-8-5-4-6-9-19)34(18-21-22(29)10-7-11-23(21)30)27(35)17-20-12-13-24(31)25(32)15-20/h4-13,15,26H,2-3,14,16-18H2,1H3,(H,33,36). The van der Waals surface area contributed by atoms with Gasteiger partial charge in [-0.25, -0.2) is 0 Å². The van der Waals surface area contributed by atoms with Crippen LogP contribution >= 0.6 is 46.4 Å². The van der Waals surface area contributed by atoms with Crippen LogP contribution in [-0.2, 0) is 29.0 Å². The minimum Gasteiger partial charge on any atom is -0.354 e. The van der Waals surface area contributed by atoms with E-state index in [1.165, 1.54) is 0 Å². The van der Waals surface area contributed by atoms with Crippen molar-refractivity contribution < 1.29 is 9.59 Å². The number of benzene rings is 3. The van der Waals surface area contributed by atoms with Crippen molar-refractivity contribution in [3.05, 3.63) is 104 Å². The van der Waals surface area contributed by atoms with Gasteiger partial charge < -0.3 is 10.2 Å². The Labute approximate surface area is 232 Å². The Morgan fingerprint density at radius 2 is 1.53 bits per heavy atom. The molecule has 0 aliphatic rings. The van der Waals surface area contributed by atoms with Crippen molar-refractivity contribution in [1.82, 2.24) is 10.2 Å². The summed E-state index contributed by atoms with van der Waals surface area (Å²) in [7, 11) is 0. The summed E-state index contributed by atoms with van der Waals surface area (Å²) < 4.78 is 0. The molecule has 0 bridgehead atoms. The fourth-order valence-corrected chi connectivity index (χ4v) is 4.68. The molecule has 0 fully saturated rings. The Morgan fingerprint density at radius 3 is 2.17 bits per heavy atom. The van der Waals surface area contributed by atoms with Gasteiger partial charge in [0, 0.05) is 35.1 Å². The van der Waals surface area contributed by atoms with E-state index < -0.39 is 6.04 Å². The summed E-state index contributed by atoms with van der Waals surface area (Å²) in [4.78, 5) is 28.8. The molecule has 0 heterocycles. The summed E-state index contributed by atoms with van der Waals surface area (Å²) in [6, 6.07) is 19.1. The van der Waals surface area contributed by atoms with Gasteiger partial charge in [0.2, 0.25) is 11.8 Å². The highest BCUT2D eigenvalue weighted by Gasteiger charge is 2.31. The predicted molar refractivity (Wildman–Crippen MR) is 149 cm³/mol. The number of amides is 2. The Balaban J connectivity index is 2.00. The van der Waals surface area contributed by atoms with Crippen molar-refractivity contribution in [1.29, 1.82) is 0 Å². The molecular formula is C28H28Cl4N2O2. The number of nitrogens with one attached hydrogen (secondary N) is 1. The summed E-state index contributed by atoms with van der Waals surface area (Å²) >= 11 is 25.2. The van der Waals surface area contributed by atoms with E-state index in [-0.39, 0.29) is 24.8 Å². The van der Waals surface area contributed by atoms with Crippen LogP contribution in [0.15, 0.2) is 66.7 Å². The molecule has 0 saturated carbocycles. The van der Waals surface area contributed by atoms with Crippen LogP contribution in [0.3, 0.4) is 0 Å². The van der Waals surface area contributed by atoms with Gasteiger partial charge in [0.1, 0.15) is 6.04 Å². The Bertz CT molecular complexity index is 1170. The van der Waals surface area contributed by atoms with Crippen LogP contribution in [0.4, 0.5) is 0 Å².